The number of benzene rings is 2. The Labute approximate surface area is 200 Å². The third kappa shape index (κ3) is 6.36. The Kier molecular flexibility index (Phi) is 8.30. The molecule has 2 aromatic carbocycles. The van der Waals surface area contributed by atoms with E-state index in [1.54, 1.807) is 54.3 Å². The first-order chi connectivity index (χ1) is 16.2. The average molecular weight is 486 g/mol. The summed E-state index contributed by atoms with van der Waals surface area (Å²) in [4.78, 5) is 15.2. The molecule has 10 heteroatoms. The van der Waals surface area contributed by atoms with Crippen LogP contribution in [0.2, 0.25) is 0 Å². The summed E-state index contributed by atoms with van der Waals surface area (Å²) < 4.78 is 35.2. The fourth-order valence-corrected chi connectivity index (χ4v) is 4.50. The monoisotopic (exact) mass is 485 g/mol. The highest BCUT2D eigenvalue weighted by Crippen LogP contribution is 2.22. The normalized spacial score (nSPS) is 11.4. The van der Waals surface area contributed by atoms with Gasteiger partial charge < -0.3 is 15.0 Å². The molecule has 0 radical (unpaired) electrons. The van der Waals surface area contributed by atoms with Crippen LogP contribution in [0.1, 0.15) is 29.8 Å². The molecule has 3 aromatic rings. The minimum absolute atomic E-state index is 0.00557. The molecule has 0 atom stereocenters. The number of aryl methyl sites for hydroxylation is 1. The van der Waals surface area contributed by atoms with Crippen LogP contribution < -0.4 is 14.8 Å². The number of nitrogens with one attached hydrogen (secondary N) is 2. The molecule has 0 unspecified atom stereocenters. The van der Waals surface area contributed by atoms with Gasteiger partial charge in [-0.05, 0) is 62.0 Å². The second-order valence-corrected chi connectivity index (χ2v) is 9.47. The number of carbonyl (C=O) groups is 1. The fraction of sp³-hybridized carbons (Fsp3) is 0.333. The van der Waals surface area contributed by atoms with Crippen LogP contribution in [0.5, 0.6) is 5.75 Å². The molecular formula is C24H31N5O4S. The van der Waals surface area contributed by atoms with Crippen molar-refractivity contribution in [3.8, 4) is 5.75 Å². The summed E-state index contributed by atoms with van der Waals surface area (Å²) in [6.07, 6.45) is 3.35. The topological polar surface area (TPSA) is 106 Å². The van der Waals surface area contributed by atoms with Gasteiger partial charge in [-0.2, -0.15) is 5.10 Å². The number of anilines is 2. The van der Waals surface area contributed by atoms with Crippen LogP contribution >= 0.6 is 0 Å². The molecule has 0 spiro atoms. The Morgan fingerprint density at radius 1 is 1.09 bits per heavy atom. The lowest BCUT2D eigenvalue weighted by Crippen LogP contribution is -2.27. The van der Waals surface area contributed by atoms with E-state index >= 15 is 0 Å². The number of aromatic nitrogens is 2. The highest BCUT2D eigenvalue weighted by molar-refractivity contribution is 7.92. The predicted octanol–water partition coefficient (Wildman–Crippen LogP) is 3.60. The number of nitrogens with zero attached hydrogens (tertiary/aromatic N) is 3. The van der Waals surface area contributed by atoms with Crippen molar-refractivity contribution in [3.05, 3.63) is 66.0 Å². The number of amides is 1. The first kappa shape index (κ1) is 25.3. The average Bonchev–Trinajstić information content (AvgIpc) is 3.27. The number of likely N-dealkylation sites (N-methyl/N-ethyl adjacent to an activating group) is 1. The third-order valence-electron chi connectivity index (χ3n) is 5.54. The molecule has 182 valence electrons. The molecule has 0 aliphatic heterocycles. The summed E-state index contributed by atoms with van der Waals surface area (Å²) in [5.74, 6) is 0.218. The maximum atomic E-state index is 12.9. The van der Waals surface area contributed by atoms with Gasteiger partial charge in [-0.25, -0.2) is 8.42 Å². The van der Waals surface area contributed by atoms with Crippen molar-refractivity contribution in [2.45, 2.75) is 32.2 Å². The van der Waals surface area contributed by atoms with Crippen LogP contribution in [0.3, 0.4) is 0 Å². The Morgan fingerprint density at radius 2 is 1.79 bits per heavy atom. The molecule has 0 fully saturated rings. The van der Waals surface area contributed by atoms with E-state index in [4.69, 9.17) is 4.74 Å². The largest absolute Gasteiger partial charge is 0.497 e. The van der Waals surface area contributed by atoms with Crippen molar-refractivity contribution in [1.29, 1.82) is 0 Å². The number of hydrogen-bond acceptors (Lipinski definition) is 6. The maximum absolute atomic E-state index is 12.9. The van der Waals surface area contributed by atoms with Crippen molar-refractivity contribution in [2.24, 2.45) is 0 Å². The number of rotatable bonds is 11. The highest BCUT2D eigenvalue weighted by atomic mass is 32.2. The van der Waals surface area contributed by atoms with Crippen LogP contribution in [0.25, 0.3) is 0 Å². The molecule has 0 aliphatic rings. The van der Waals surface area contributed by atoms with E-state index in [9.17, 15) is 13.2 Å². The minimum atomic E-state index is -3.89. The van der Waals surface area contributed by atoms with Crippen molar-refractivity contribution in [2.75, 3.05) is 36.8 Å². The van der Waals surface area contributed by atoms with Gasteiger partial charge in [-0.15, -0.1) is 0 Å². The van der Waals surface area contributed by atoms with Gasteiger partial charge in [0.25, 0.3) is 15.9 Å². The van der Waals surface area contributed by atoms with Crippen LogP contribution in [-0.4, -0.2) is 55.7 Å². The van der Waals surface area contributed by atoms with Crippen LogP contribution in [-0.2, 0) is 16.6 Å². The van der Waals surface area contributed by atoms with Crippen LogP contribution in [0.15, 0.2) is 59.8 Å². The molecular weight excluding hydrogens is 454 g/mol. The summed E-state index contributed by atoms with van der Waals surface area (Å²) in [6, 6.07) is 11.0. The number of hydrogen-bond donors (Lipinski definition) is 2. The van der Waals surface area contributed by atoms with E-state index in [1.165, 1.54) is 19.2 Å². The lowest BCUT2D eigenvalue weighted by molar-refractivity contribution is 0.102. The maximum Gasteiger partial charge on any atom is 0.261 e. The zero-order chi connectivity index (χ0) is 24.7. The number of sulfonamides is 1. The molecule has 0 saturated carbocycles. The zero-order valence-electron chi connectivity index (χ0n) is 19.9. The third-order valence-corrected chi connectivity index (χ3v) is 6.92. The molecule has 9 nitrogen and oxygen atoms in total. The fourth-order valence-electron chi connectivity index (χ4n) is 3.42. The van der Waals surface area contributed by atoms with Crippen LogP contribution in [0.4, 0.5) is 11.4 Å². The van der Waals surface area contributed by atoms with E-state index < -0.39 is 15.9 Å². The summed E-state index contributed by atoms with van der Waals surface area (Å²) in [6.45, 7) is 9.49. The first-order valence-corrected chi connectivity index (χ1v) is 12.6. The Hall–Kier alpha value is -3.37. The van der Waals surface area contributed by atoms with E-state index in [1.807, 2.05) is 0 Å². The van der Waals surface area contributed by atoms with Gasteiger partial charge in [0.15, 0.2) is 0 Å². The standard InChI is InChI=1S/C24H31N5O4S/c1-5-28(6-2)13-14-29-17-20(16-25-29)26-24(30)23-15-22(12-7-18(23)3)34(31,32)27-19-8-10-21(33-4)11-9-19/h7-12,15-17,27H,5-6,13-14H2,1-4H3,(H,26,30). The summed E-state index contributed by atoms with van der Waals surface area (Å²) in [5, 5.41) is 7.11. The molecule has 2 N–H and O–H groups in total. The van der Waals surface area contributed by atoms with Crippen molar-refractivity contribution >= 4 is 27.3 Å². The number of ether oxygens (including phenoxy) is 1. The van der Waals surface area contributed by atoms with Crippen molar-refractivity contribution in [1.82, 2.24) is 14.7 Å². The highest BCUT2D eigenvalue weighted by Gasteiger charge is 2.19. The molecule has 1 heterocycles. The molecule has 0 bridgehead atoms. The SMILES string of the molecule is CCN(CC)CCn1cc(NC(=O)c2cc(S(=O)(=O)Nc3ccc(OC)cc3)ccc2C)cn1. The number of carbonyl (C=O) groups excluding carboxylic acids is 1. The quantitative estimate of drug-likeness (QED) is 0.430. The molecule has 0 aliphatic carbocycles. The molecule has 1 amide bonds. The molecule has 0 saturated heterocycles. The van der Waals surface area contributed by atoms with E-state index in [0.29, 0.717) is 29.2 Å². The van der Waals surface area contributed by atoms with Gasteiger partial charge in [0.1, 0.15) is 5.75 Å². The van der Waals surface area contributed by atoms with Gasteiger partial charge >= 0.3 is 0 Å². The summed E-state index contributed by atoms with van der Waals surface area (Å²) in [7, 11) is -2.35. The van der Waals surface area contributed by atoms with Gasteiger partial charge in [0.2, 0.25) is 0 Å². The van der Waals surface area contributed by atoms with Gasteiger partial charge in [0.05, 0.1) is 30.4 Å². The molecule has 34 heavy (non-hydrogen) atoms. The molecule has 3 rings (SSSR count). The summed E-state index contributed by atoms with van der Waals surface area (Å²) >= 11 is 0. The second kappa shape index (κ2) is 11.2. The number of methoxy groups -OCH3 is 1. The summed E-state index contributed by atoms with van der Waals surface area (Å²) in [5.41, 5.74) is 1.88. The predicted molar refractivity (Wildman–Crippen MR) is 133 cm³/mol. The Bertz CT molecular complexity index is 1220. The lowest BCUT2D eigenvalue weighted by atomic mass is 10.1. The van der Waals surface area contributed by atoms with E-state index in [2.05, 4.69) is 33.9 Å². The van der Waals surface area contributed by atoms with Crippen molar-refractivity contribution in [3.63, 3.8) is 0 Å². The Balaban J connectivity index is 1.72. The van der Waals surface area contributed by atoms with Gasteiger partial charge in [0, 0.05) is 24.0 Å². The van der Waals surface area contributed by atoms with E-state index in [-0.39, 0.29) is 10.5 Å². The van der Waals surface area contributed by atoms with Crippen LogP contribution in [0, 0.1) is 6.92 Å². The van der Waals surface area contributed by atoms with Crippen molar-refractivity contribution < 1.29 is 17.9 Å². The molecule has 1 aromatic heterocycles. The van der Waals surface area contributed by atoms with E-state index in [0.717, 1.165) is 19.6 Å². The van der Waals surface area contributed by atoms with Gasteiger partial charge in [-0.1, -0.05) is 19.9 Å². The lowest BCUT2D eigenvalue weighted by Gasteiger charge is -2.17. The first-order valence-electron chi connectivity index (χ1n) is 11.1. The van der Waals surface area contributed by atoms with Gasteiger partial charge in [-0.3, -0.25) is 14.2 Å². The Morgan fingerprint density at radius 3 is 2.44 bits per heavy atom. The smallest absolute Gasteiger partial charge is 0.261 e. The second-order valence-electron chi connectivity index (χ2n) is 7.78. The zero-order valence-corrected chi connectivity index (χ0v) is 20.7. The minimum Gasteiger partial charge on any atom is -0.497 e.